The lowest BCUT2D eigenvalue weighted by Gasteiger charge is -2.29. The van der Waals surface area contributed by atoms with E-state index in [9.17, 15) is 19.8 Å². The van der Waals surface area contributed by atoms with Gasteiger partial charge < -0.3 is 15.5 Å². The van der Waals surface area contributed by atoms with E-state index in [0.29, 0.717) is 6.42 Å². The summed E-state index contributed by atoms with van der Waals surface area (Å²) in [5.41, 5.74) is 4.31. The molecular weight excluding hydrogens is 404 g/mol. The number of thiazole rings is 1. The van der Waals surface area contributed by atoms with Crippen molar-refractivity contribution in [3.8, 4) is 10.6 Å². The summed E-state index contributed by atoms with van der Waals surface area (Å²) < 4.78 is 0. The van der Waals surface area contributed by atoms with E-state index in [2.05, 4.69) is 36.1 Å². The molecule has 8 nitrogen and oxygen atoms in total. The summed E-state index contributed by atoms with van der Waals surface area (Å²) in [5.74, 6) is -0.398. The molecule has 2 amide bonds. The number of aryl methyl sites for hydroxylation is 1. The minimum atomic E-state index is -1.20. The number of β-amino-alcohol motifs (C(OH)–C–C–N with tert-alkyl or cyclic N) is 1. The minimum Gasteiger partial charge on any atom is -0.465 e. The maximum absolute atomic E-state index is 12.9. The first-order chi connectivity index (χ1) is 14.0. The van der Waals surface area contributed by atoms with Crippen LogP contribution in [0.5, 0.6) is 0 Å². The SMILES string of the molecule is Cc1ncsc1-c1ccc(C(CC(C)(C)C)NC(=O)[C@@H]2C[C@@H](O)CN2C(=O)O)cn1. The third-order valence-electron chi connectivity index (χ3n) is 5.13. The van der Waals surface area contributed by atoms with Gasteiger partial charge in [-0.25, -0.2) is 9.78 Å². The molecule has 0 aliphatic carbocycles. The predicted octanol–water partition coefficient (Wildman–Crippen LogP) is 3.22. The van der Waals surface area contributed by atoms with Gasteiger partial charge >= 0.3 is 6.09 Å². The quantitative estimate of drug-likeness (QED) is 0.668. The molecule has 2 aromatic rings. The Kier molecular flexibility index (Phi) is 6.42. The number of rotatable bonds is 5. The molecule has 1 aliphatic rings. The molecule has 9 heteroatoms. The van der Waals surface area contributed by atoms with Crippen LogP contribution in [0.4, 0.5) is 4.79 Å². The highest BCUT2D eigenvalue weighted by atomic mass is 32.1. The van der Waals surface area contributed by atoms with Crippen molar-refractivity contribution in [2.45, 2.75) is 58.7 Å². The number of carbonyl (C=O) groups is 2. The fourth-order valence-corrected chi connectivity index (χ4v) is 4.48. The van der Waals surface area contributed by atoms with E-state index in [-0.39, 0.29) is 24.4 Å². The molecule has 0 bridgehead atoms. The van der Waals surface area contributed by atoms with E-state index >= 15 is 0 Å². The topological polar surface area (TPSA) is 116 Å². The Hall–Kier alpha value is -2.52. The van der Waals surface area contributed by atoms with Crippen LogP contribution < -0.4 is 5.32 Å². The molecule has 0 spiro atoms. The fourth-order valence-electron chi connectivity index (χ4n) is 3.70. The zero-order valence-corrected chi connectivity index (χ0v) is 18.4. The summed E-state index contributed by atoms with van der Waals surface area (Å²) in [5, 5.41) is 22.2. The molecule has 3 heterocycles. The fraction of sp³-hybridized carbons (Fsp3) is 0.524. The normalized spacial score (nSPS) is 20.2. The maximum Gasteiger partial charge on any atom is 0.408 e. The van der Waals surface area contributed by atoms with E-state index < -0.39 is 24.1 Å². The standard InChI is InChI=1S/C21H28N4O4S/c1-12-18(30-11-23-12)15-6-5-13(9-22-15)16(8-21(2,3)4)24-19(27)17-7-14(26)10-25(17)20(28)29/h5-6,9,11,14,16-17,26H,7-8,10H2,1-4H3,(H,24,27)(H,28,29)/t14-,16?,17+/m1/s1. The van der Waals surface area contributed by atoms with Gasteiger partial charge in [0.1, 0.15) is 6.04 Å². The Labute approximate surface area is 180 Å². The van der Waals surface area contributed by atoms with Gasteiger partial charge in [-0.05, 0) is 30.4 Å². The van der Waals surface area contributed by atoms with Crippen LogP contribution in [-0.4, -0.2) is 55.8 Å². The van der Waals surface area contributed by atoms with Gasteiger partial charge in [0.05, 0.1) is 40.5 Å². The molecule has 1 aliphatic heterocycles. The van der Waals surface area contributed by atoms with Crippen LogP contribution in [0.1, 0.15) is 50.9 Å². The average Bonchev–Trinajstić information content (AvgIpc) is 3.26. The van der Waals surface area contributed by atoms with Crippen LogP contribution >= 0.6 is 11.3 Å². The largest absolute Gasteiger partial charge is 0.465 e. The molecule has 30 heavy (non-hydrogen) atoms. The molecule has 1 unspecified atom stereocenters. The van der Waals surface area contributed by atoms with Gasteiger partial charge in [0.25, 0.3) is 0 Å². The lowest BCUT2D eigenvalue weighted by molar-refractivity contribution is -0.126. The van der Waals surface area contributed by atoms with Crippen molar-refractivity contribution < 1.29 is 19.8 Å². The summed E-state index contributed by atoms with van der Waals surface area (Å²) in [6.45, 7) is 8.13. The molecule has 2 aromatic heterocycles. The van der Waals surface area contributed by atoms with Crippen LogP contribution in [0, 0.1) is 12.3 Å². The first-order valence-corrected chi connectivity index (χ1v) is 10.8. The van der Waals surface area contributed by atoms with Crippen molar-refractivity contribution in [1.29, 1.82) is 0 Å². The van der Waals surface area contributed by atoms with Crippen molar-refractivity contribution in [1.82, 2.24) is 20.2 Å². The molecular formula is C21H28N4O4S. The smallest absolute Gasteiger partial charge is 0.408 e. The summed E-state index contributed by atoms with van der Waals surface area (Å²) in [6.07, 6.45) is 0.472. The maximum atomic E-state index is 12.9. The van der Waals surface area contributed by atoms with Gasteiger partial charge in [-0.1, -0.05) is 26.8 Å². The molecule has 0 saturated carbocycles. The second kappa shape index (κ2) is 8.69. The Morgan fingerprint density at radius 2 is 2.07 bits per heavy atom. The number of carboxylic acid groups (broad SMARTS) is 1. The minimum absolute atomic E-state index is 0.0538. The van der Waals surface area contributed by atoms with Crippen LogP contribution in [0.25, 0.3) is 10.6 Å². The molecule has 3 atom stereocenters. The van der Waals surface area contributed by atoms with Crippen molar-refractivity contribution >= 4 is 23.3 Å². The second-order valence-electron chi connectivity index (χ2n) is 8.91. The zero-order chi connectivity index (χ0) is 22.1. The lowest BCUT2D eigenvalue weighted by Crippen LogP contribution is -2.46. The Morgan fingerprint density at radius 3 is 2.60 bits per heavy atom. The third-order valence-corrected chi connectivity index (χ3v) is 6.08. The number of pyridine rings is 1. The summed E-state index contributed by atoms with van der Waals surface area (Å²) in [7, 11) is 0. The number of likely N-dealkylation sites (tertiary alicyclic amines) is 1. The van der Waals surface area contributed by atoms with E-state index in [4.69, 9.17) is 0 Å². The van der Waals surface area contributed by atoms with Gasteiger partial charge in [0.15, 0.2) is 0 Å². The highest BCUT2D eigenvalue weighted by molar-refractivity contribution is 7.13. The van der Waals surface area contributed by atoms with Gasteiger partial charge in [0.2, 0.25) is 5.91 Å². The van der Waals surface area contributed by atoms with Crippen molar-refractivity contribution in [2.75, 3.05) is 6.54 Å². The molecule has 0 radical (unpaired) electrons. The van der Waals surface area contributed by atoms with E-state index in [1.807, 2.05) is 19.1 Å². The van der Waals surface area contributed by atoms with Gasteiger partial charge in [-0.3, -0.25) is 14.7 Å². The van der Waals surface area contributed by atoms with Crippen LogP contribution in [-0.2, 0) is 4.79 Å². The number of carbonyl (C=O) groups excluding carboxylic acids is 1. The molecule has 162 valence electrons. The average molecular weight is 433 g/mol. The Balaban J connectivity index is 1.82. The number of aliphatic hydroxyl groups is 1. The number of nitrogens with one attached hydrogen (secondary N) is 1. The monoisotopic (exact) mass is 432 g/mol. The first-order valence-electron chi connectivity index (χ1n) is 9.89. The van der Waals surface area contributed by atoms with Gasteiger partial charge in [-0.15, -0.1) is 11.3 Å². The lowest BCUT2D eigenvalue weighted by atomic mass is 9.85. The molecule has 0 aromatic carbocycles. The van der Waals surface area contributed by atoms with Gasteiger partial charge in [-0.2, -0.15) is 0 Å². The number of hydrogen-bond donors (Lipinski definition) is 3. The van der Waals surface area contributed by atoms with E-state index in [1.54, 1.807) is 11.7 Å². The number of aliphatic hydroxyl groups excluding tert-OH is 1. The molecule has 1 saturated heterocycles. The van der Waals surface area contributed by atoms with Crippen molar-refractivity contribution in [3.63, 3.8) is 0 Å². The molecule has 3 rings (SSSR count). The Morgan fingerprint density at radius 1 is 1.33 bits per heavy atom. The second-order valence-corrected chi connectivity index (χ2v) is 9.76. The highest BCUT2D eigenvalue weighted by Gasteiger charge is 2.40. The summed E-state index contributed by atoms with van der Waals surface area (Å²) in [6, 6.07) is 2.64. The highest BCUT2D eigenvalue weighted by Crippen LogP contribution is 2.32. The van der Waals surface area contributed by atoms with E-state index in [0.717, 1.165) is 26.7 Å². The number of amides is 2. The van der Waals surface area contributed by atoms with Gasteiger partial charge in [0, 0.05) is 12.6 Å². The Bertz CT molecular complexity index is 906. The van der Waals surface area contributed by atoms with Crippen molar-refractivity contribution in [2.24, 2.45) is 5.41 Å². The van der Waals surface area contributed by atoms with Crippen molar-refractivity contribution in [3.05, 3.63) is 35.1 Å². The zero-order valence-electron chi connectivity index (χ0n) is 17.6. The third kappa shape index (κ3) is 5.14. The number of aromatic nitrogens is 2. The number of nitrogens with zero attached hydrogens (tertiary/aromatic N) is 3. The van der Waals surface area contributed by atoms with E-state index in [1.165, 1.54) is 11.3 Å². The van der Waals surface area contributed by atoms with Crippen LogP contribution in [0.2, 0.25) is 0 Å². The van der Waals surface area contributed by atoms with Crippen LogP contribution in [0.3, 0.4) is 0 Å². The van der Waals surface area contributed by atoms with Crippen LogP contribution in [0.15, 0.2) is 23.8 Å². The predicted molar refractivity (Wildman–Crippen MR) is 114 cm³/mol. The number of hydrogen-bond acceptors (Lipinski definition) is 6. The molecule has 3 N–H and O–H groups in total. The first kappa shape index (κ1) is 22.2. The molecule has 1 fully saturated rings. The summed E-state index contributed by atoms with van der Waals surface area (Å²) in [4.78, 5) is 35.2. The summed E-state index contributed by atoms with van der Waals surface area (Å²) >= 11 is 1.53.